The van der Waals surface area contributed by atoms with E-state index in [-0.39, 0.29) is 24.0 Å². The average Bonchev–Trinajstić information content (AvgIpc) is 2.51. The monoisotopic (exact) mass is 356 g/mol. The highest BCUT2D eigenvalue weighted by Crippen LogP contribution is 2.12. The van der Waals surface area contributed by atoms with Gasteiger partial charge in [-0.05, 0) is 18.9 Å². The molecule has 0 aliphatic rings. The Morgan fingerprint density at radius 1 is 1.21 bits per heavy atom. The molecule has 1 aromatic carbocycles. The second-order valence-electron chi connectivity index (χ2n) is 5.69. The van der Waals surface area contributed by atoms with Crippen LogP contribution in [-0.4, -0.2) is 31.5 Å². The Bertz CT molecular complexity index is 647. The van der Waals surface area contributed by atoms with Gasteiger partial charge in [-0.2, -0.15) is 0 Å². The molecule has 0 atom stereocenters. The van der Waals surface area contributed by atoms with Crippen molar-refractivity contribution in [3.63, 3.8) is 0 Å². The third kappa shape index (κ3) is 8.21. The van der Waals surface area contributed by atoms with Crippen LogP contribution in [0.25, 0.3) is 0 Å². The minimum absolute atomic E-state index is 0.0309. The van der Waals surface area contributed by atoms with Gasteiger partial charge in [-0.1, -0.05) is 37.1 Å². The molecule has 0 unspecified atom stereocenters. The van der Waals surface area contributed by atoms with Crippen LogP contribution >= 0.6 is 0 Å². The molecule has 134 valence electrons. The van der Waals surface area contributed by atoms with Crippen LogP contribution in [0.1, 0.15) is 37.7 Å². The number of benzene rings is 1. The van der Waals surface area contributed by atoms with E-state index in [1.165, 1.54) is 6.07 Å². The van der Waals surface area contributed by atoms with E-state index >= 15 is 0 Å². The summed E-state index contributed by atoms with van der Waals surface area (Å²) in [5.41, 5.74) is 0.473. The molecule has 0 aliphatic heterocycles. The second-order valence-corrected chi connectivity index (χ2v) is 7.42. The zero-order valence-corrected chi connectivity index (χ0v) is 14.6. The molecule has 0 radical (unpaired) electrons. The molecule has 1 amide bonds. The van der Waals surface area contributed by atoms with Crippen molar-refractivity contribution in [3.8, 4) is 0 Å². The fourth-order valence-corrected chi connectivity index (χ4v) is 2.94. The van der Waals surface area contributed by atoms with Crippen LogP contribution in [0.2, 0.25) is 0 Å². The fraction of sp³-hybridized carbons (Fsp3) is 0.471. The highest BCUT2D eigenvalue weighted by Gasteiger charge is 2.14. The number of nitrogens with two attached hydrogens (primary N) is 1. The maximum Gasteiger partial charge on any atom is 0.223 e. The fourth-order valence-electron chi connectivity index (χ4n) is 2.33. The number of nitrogens with zero attached hydrogens (tertiary/aromatic N) is 1. The van der Waals surface area contributed by atoms with Crippen molar-refractivity contribution in [2.24, 2.45) is 5.14 Å². The Hall–Kier alpha value is -1.73. The van der Waals surface area contributed by atoms with Gasteiger partial charge in [0.15, 0.2) is 0 Å². The van der Waals surface area contributed by atoms with Gasteiger partial charge in [-0.15, -0.1) is 6.58 Å². The van der Waals surface area contributed by atoms with Crippen molar-refractivity contribution in [2.75, 3.05) is 12.3 Å². The zero-order chi connectivity index (χ0) is 18.0. The zero-order valence-electron chi connectivity index (χ0n) is 13.8. The normalized spacial score (nSPS) is 11.2. The number of amides is 1. The molecule has 2 N–H and O–H groups in total. The number of carbonyl (C=O) groups excluding carboxylic acids is 1. The van der Waals surface area contributed by atoms with Gasteiger partial charge in [0.05, 0.1) is 5.75 Å². The summed E-state index contributed by atoms with van der Waals surface area (Å²) in [6.45, 7) is 4.21. The molecular formula is C17H25FN2O3S. The third-order valence-corrected chi connectivity index (χ3v) is 4.45. The number of hydrogen-bond acceptors (Lipinski definition) is 3. The summed E-state index contributed by atoms with van der Waals surface area (Å²) in [7, 11) is -3.41. The van der Waals surface area contributed by atoms with Crippen LogP contribution < -0.4 is 5.14 Å². The lowest BCUT2D eigenvalue weighted by Gasteiger charge is -2.21. The summed E-state index contributed by atoms with van der Waals surface area (Å²) in [5, 5.41) is 4.93. The first-order valence-electron chi connectivity index (χ1n) is 7.96. The summed E-state index contributed by atoms with van der Waals surface area (Å²) in [4.78, 5) is 13.8. The molecule has 0 saturated carbocycles. The van der Waals surface area contributed by atoms with Crippen molar-refractivity contribution in [1.82, 2.24) is 4.90 Å². The summed E-state index contributed by atoms with van der Waals surface area (Å²) in [5.74, 6) is -0.427. The highest BCUT2D eigenvalue weighted by atomic mass is 32.2. The van der Waals surface area contributed by atoms with E-state index in [1.807, 2.05) is 0 Å². The van der Waals surface area contributed by atoms with Crippen LogP contribution in [0.4, 0.5) is 4.39 Å². The van der Waals surface area contributed by atoms with Crippen LogP contribution in [0.15, 0.2) is 36.9 Å². The van der Waals surface area contributed by atoms with Gasteiger partial charge in [-0.3, -0.25) is 4.79 Å². The van der Waals surface area contributed by atoms with E-state index < -0.39 is 10.0 Å². The highest BCUT2D eigenvalue weighted by molar-refractivity contribution is 7.89. The molecule has 0 spiro atoms. The van der Waals surface area contributed by atoms with E-state index in [0.717, 1.165) is 6.42 Å². The Balaban J connectivity index is 2.41. The maximum absolute atomic E-state index is 13.7. The summed E-state index contributed by atoms with van der Waals surface area (Å²) in [6, 6.07) is 6.38. The minimum atomic E-state index is -3.41. The van der Waals surface area contributed by atoms with Gasteiger partial charge in [0, 0.05) is 25.1 Å². The predicted molar refractivity (Wildman–Crippen MR) is 93.1 cm³/mol. The van der Waals surface area contributed by atoms with Crippen molar-refractivity contribution in [2.45, 2.75) is 38.6 Å². The van der Waals surface area contributed by atoms with Crippen LogP contribution in [0.5, 0.6) is 0 Å². The lowest BCUT2D eigenvalue weighted by atomic mass is 10.1. The van der Waals surface area contributed by atoms with Crippen LogP contribution in [-0.2, 0) is 21.4 Å². The topological polar surface area (TPSA) is 80.5 Å². The molecule has 0 bridgehead atoms. The molecule has 7 heteroatoms. The van der Waals surface area contributed by atoms with Gasteiger partial charge in [0.2, 0.25) is 15.9 Å². The van der Waals surface area contributed by atoms with Gasteiger partial charge >= 0.3 is 0 Å². The first kappa shape index (κ1) is 20.3. The Kier molecular flexibility index (Phi) is 8.63. The van der Waals surface area contributed by atoms with Gasteiger partial charge in [0.25, 0.3) is 0 Å². The molecule has 0 aliphatic carbocycles. The second kappa shape index (κ2) is 10.2. The SMILES string of the molecule is C=CCN(Cc1ccccc1F)C(=O)CCCCCCS(N)(=O)=O. The number of primary sulfonamides is 1. The number of hydrogen-bond donors (Lipinski definition) is 1. The van der Waals surface area contributed by atoms with Crippen LogP contribution in [0.3, 0.4) is 0 Å². The van der Waals surface area contributed by atoms with E-state index in [4.69, 9.17) is 5.14 Å². The molecule has 5 nitrogen and oxygen atoms in total. The van der Waals surface area contributed by atoms with Crippen molar-refractivity contribution in [3.05, 3.63) is 48.3 Å². The molecule has 0 heterocycles. The van der Waals surface area contributed by atoms with E-state index in [0.29, 0.717) is 37.8 Å². The molecule has 0 saturated heterocycles. The quantitative estimate of drug-likeness (QED) is 0.489. The van der Waals surface area contributed by atoms with Crippen molar-refractivity contribution < 1.29 is 17.6 Å². The van der Waals surface area contributed by atoms with Gasteiger partial charge in [0.1, 0.15) is 5.82 Å². The maximum atomic E-state index is 13.7. The number of sulfonamides is 1. The predicted octanol–water partition coefficient (Wildman–Crippen LogP) is 2.58. The first-order chi connectivity index (χ1) is 11.3. The lowest BCUT2D eigenvalue weighted by Crippen LogP contribution is -2.30. The van der Waals surface area contributed by atoms with Crippen molar-refractivity contribution in [1.29, 1.82) is 0 Å². The number of rotatable bonds is 11. The van der Waals surface area contributed by atoms with Gasteiger partial charge < -0.3 is 4.90 Å². The Labute approximate surface area is 143 Å². The minimum Gasteiger partial charge on any atom is -0.335 e. The molecule has 0 fully saturated rings. The largest absolute Gasteiger partial charge is 0.335 e. The molecular weight excluding hydrogens is 331 g/mol. The Morgan fingerprint density at radius 2 is 1.88 bits per heavy atom. The van der Waals surface area contributed by atoms with Crippen molar-refractivity contribution >= 4 is 15.9 Å². The molecule has 1 aromatic rings. The number of carbonyl (C=O) groups is 1. The standard InChI is InChI=1S/C17H25FN2O3S/c1-2-12-20(14-15-9-6-7-10-16(15)18)17(21)11-5-3-4-8-13-24(19,22)23/h2,6-7,9-10H,1,3-5,8,11-14H2,(H2,19,22,23). The third-order valence-electron chi connectivity index (χ3n) is 3.59. The summed E-state index contributed by atoms with van der Waals surface area (Å²) < 4.78 is 35.3. The smallest absolute Gasteiger partial charge is 0.223 e. The van der Waals surface area contributed by atoms with Gasteiger partial charge in [-0.25, -0.2) is 17.9 Å². The summed E-state index contributed by atoms with van der Waals surface area (Å²) in [6.07, 6.45) is 4.58. The molecule has 24 heavy (non-hydrogen) atoms. The van der Waals surface area contributed by atoms with E-state index in [9.17, 15) is 17.6 Å². The summed E-state index contributed by atoms with van der Waals surface area (Å²) >= 11 is 0. The average molecular weight is 356 g/mol. The van der Waals surface area contributed by atoms with E-state index in [2.05, 4.69) is 6.58 Å². The lowest BCUT2D eigenvalue weighted by molar-refractivity contribution is -0.131. The van der Waals surface area contributed by atoms with E-state index in [1.54, 1.807) is 29.2 Å². The molecule has 0 aromatic heterocycles. The number of unbranched alkanes of at least 4 members (excludes halogenated alkanes) is 3. The Morgan fingerprint density at radius 3 is 2.50 bits per heavy atom. The van der Waals surface area contributed by atoms with Crippen LogP contribution in [0, 0.1) is 5.82 Å². The first-order valence-corrected chi connectivity index (χ1v) is 9.67. The number of halogens is 1. The molecule has 1 rings (SSSR count).